The van der Waals surface area contributed by atoms with E-state index < -0.39 is 0 Å². The van der Waals surface area contributed by atoms with E-state index in [4.69, 9.17) is 10.2 Å². The van der Waals surface area contributed by atoms with Crippen LogP contribution >= 0.6 is 12.4 Å². The maximum absolute atomic E-state index is 8.52. The average Bonchev–Trinajstić information content (AvgIpc) is 2.16. The number of hydrogen-bond donors (Lipinski definition) is 3. The molecule has 0 heterocycles. The van der Waals surface area contributed by atoms with Crippen molar-refractivity contribution in [2.75, 3.05) is 26.3 Å². The van der Waals surface area contributed by atoms with Gasteiger partial charge in [0.25, 0.3) is 0 Å². The minimum Gasteiger partial charge on any atom is -0.396 e. The summed E-state index contributed by atoms with van der Waals surface area (Å²) in [5.74, 6) is 0. The van der Waals surface area contributed by atoms with Gasteiger partial charge >= 0.3 is 0 Å². The summed E-state index contributed by atoms with van der Waals surface area (Å²) >= 11 is 0. The van der Waals surface area contributed by atoms with Crippen molar-refractivity contribution in [1.82, 2.24) is 5.32 Å². The Labute approximate surface area is 93.3 Å². The number of aliphatic hydroxyl groups excluding tert-OH is 2. The Morgan fingerprint density at radius 2 is 1.07 bits per heavy atom. The summed E-state index contributed by atoms with van der Waals surface area (Å²) < 4.78 is 0. The summed E-state index contributed by atoms with van der Waals surface area (Å²) in [6.07, 6.45) is 6.37. The molecule has 0 aliphatic rings. The fourth-order valence-corrected chi connectivity index (χ4v) is 1.20. The predicted molar refractivity (Wildman–Crippen MR) is 62.0 cm³/mol. The zero-order valence-electron chi connectivity index (χ0n) is 8.87. The number of unbranched alkanes of at least 4 members (excludes halogenated alkanes) is 4. The third-order valence-corrected chi connectivity index (χ3v) is 2.02. The number of aliphatic hydroxyl groups is 2. The molecule has 0 aromatic carbocycles. The van der Waals surface area contributed by atoms with Gasteiger partial charge in [0.2, 0.25) is 0 Å². The lowest BCUT2D eigenvalue weighted by Gasteiger charge is -2.03. The standard InChI is InChI=1S/C10H23NO2.ClH/c12-9-5-1-3-7-11-8-4-2-6-10-13;/h11-13H,1-10H2;1H. The molecule has 0 saturated heterocycles. The van der Waals surface area contributed by atoms with Crippen molar-refractivity contribution in [2.45, 2.75) is 38.5 Å². The van der Waals surface area contributed by atoms with Gasteiger partial charge in [-0.05, 0) is 51.6 Å². The summed E-state index contributed by atoms with van der Waals surface area (Å²) in [5, 5.41) is 20.4. The summed E-state index contributed by atoms with van der Waals surface area (Å²) in [6, 6.07) is 0. The highest BCUT2D eigenvalue weighted by atomic mass is 35.5. The quantitative estimate of drug-likeness (QED) is 0.492. The van der Waals surface area contributed by atoms with E-state index in [2.05, 4.69) is 5.32 Å². The van der Waals surface area contributed by atoms with Gasteiger partial charge in [-0.25, -0.2) is 0 Å². The second-order valence-corrected chi connectivity index (χ2v) is 3.32. The van der Waals surface area contributed by atoms with Crippen LogP contribution in [0.5, 0.6) is 0 Å². The molecule has 0 spiro atoms. The Balaban J connectivity index is 0. The maximum atomic E-state index is 8.52. The van der Waals surface area contributed by atoms with Crippen LogP contribution in [0.1, 0.15) is 38.5 Å². The fraction of sp³-hybridized carbons (Fsp3) is 1.00. The van der Waals surface area contributed by atoms with E-state index in [9.17, 15) is 0 Å². The van der Waals surface area contributed by atoms with E-state index in [1.165, 1.54) is 0 Å². The predicted octanol–water partition coefficient (Wildman–Crippen LogP) is 1.32. The average molecular weight is 226 g/mol. The highest BCUT2D eigenvalue weighted by Crippen LogP contribution is 1.94. The molecule has 0 aromatic heterocycles. The minimum absolute atomic E-state index is 0. The molecule has 0 rings (SSSR count). The first-order valence-corrected chi connectivity index (χ1v) is 5.34. The molecule has 0 fully saturated rings. The van der Waals surface area contributed by atoms with Crippen molar-refractivity contribution in [3.63, 3.8) is 0 Å². The summed E-state index contributed by atoms with van der Waals surface area (Å²) in [7, 11) is 0. The molecule has 0 aromatic rings. The molecule has 0 aliphatic heterocycles. The Bertz CT molecular complexity index is 84.2. The molecule has 88 valence electrons. The van der Waals surface area contributed by atoms with E-state index in [1.807, 2.05) is 0 Å². The van der Waals surface area contributed by atoms with Gasteiger partial charge in [0, 0.05) is 13.2 Å². The van der Waals surface area contributed by atoms with Crippen molar-refractivity contribution >= 4 is 12.4 Å². The fourth-order valence-electron chi connectivity index (χ4n) is 1.20. The molecule has 0 saturated carbocycles. The van der Waals surface area contributed by atoms with Crippen LogP contribution in [0.2, 0.25) is 0 Å². The van der Waals surface area contributed by atoms with Gasteiger partial charge in [0.1, 0.15) is 0 Å². The van der Waals surface area contributed by atoms with Crippen LogP contribution in [0.25, 0.3) is 0 Å². The Kier molecular flexibility index (Phi) is 18.5. The number of halogens is 1. The van der Waals surface area contributed by atoms with Crippen molar-refractivity contribution in [3.8, 4) is 0 Å². The van der Waals surface area contributed by atoms with E-state index in [0.717, 1.165) is 51.6 Å². The van der Waals surface area contributed by atoms with Gasteiger partial charge in [-0.1, -0.05) is 0 Å². The molecule has 14 heavy (non-hydrogen) atoms. The Hall–Kier alpha value is 0.170. The van der Waals surface area contributed by atoms with Gasteiger partial charge < -0.3 is 15.5 Å². The van der Waals surface area contributed by atoms with Gasteiger partial charge in [-0.2, -0.15) is 0 Å². The molecular formula is C10H24ClNO2. The van der Waals surface area contributed by atoms with Crippen LogP contribution in [0.4, 0.5) is 0 Å². The van der Waals surface area contributed by atoms with Gasteiger partial charge in [0.15, 0.2) is 0 Å². The monoisotopic (exact) mass is 225 g/mol. The SMILES string of the molecule is Cl.OCCCCCNCCCCCO. The van der Waals surface area contributed by atoms with E-state index in [-0.39, 0.29) is 12.4 Å². The van der Waals surface area contributed by atoms with Crippen molar-refractivity contribution in [3.05, 3.63) is 0 Å². The van der Waals surface area contributed by atoms with Crippen LogP contribution in [0.3, 0.4) is 0 Å². The molecule has 3 N–H and O–H groups in total. The second-order valence-electron chi connectivity index (χ2n) is 3.32. The lowest BCUT2D eigenvalue weighted by molar-refractivity contribution is 0.281. The van der Waals surface area contributed by atoms with E-state index in [1.54, 1.807) is 0 Å². The second kappa shape index (κ2) is 15.6. The molecule has 3 nitrogen and oxygen atoms in total. The van der Waals surface area contributed by atoms with Crippen LogP contribution in [-0.2, 0) is 0 Å². The van der Waals surface area contributed by atoms with Gasteiger partial charge in [0.05, 0.1) is 0 Å². The molecule has 0 aliphatic carbocycles. The summed E-state index contributed by atoms with van der Waals surface area (Å²) in [4.78, 5) is 0. The molecule has 0 bridgehead atoms. The molecule has 0 atom stereocenters. The van der Waals surface area contributed by atoms with E-state index in [0.29, 0.717) is 13.2 Å². The summed E-state index contributed by atoms with van der Waals surface area (Å²) in [6.45, 7) is 2.74. The molecule has 4 heteroatoms. The normalized spacial score (nSPS) is 9.86. The van der Waals surface area contributed by atoms with Crippen LogP contribution in [0, 0.1) is 0 Å². The number of rotatable bonds is 10. The first-order chi connectivity index (χ1) is 6.41. The highest BCUT2D eigenvalue weighted by molar-refractivity contribution is 5.85. The smallest absolute Gasteiger partial charge is 0.0431 e. The molecule has 0 radical (unpaired) electrons. The van der Waals surface area contributed by atoms with Crippen LogP contribution in [-0.4, -0.2) is 36.5 Å². The highest BCUT2D eigenvalue weighted by Gasteiger charge is 1.89. The van der Waals surface area contributed by atoms with Crippen LogP contribution < -0.4 is 5.32 Å². The topological polar surface area (TPSA) is 52.5 Å². The largest absolute Gasteiger partial charge is 0.396 e. The third kappa shape index (κ3) is 14.7. The Morgan fingerprint density at radius 1 is 0.643 bits per heavy atom. The Morgan fingerprint density at radius 3 is 1.43 bits per heavy atom. The first-order valence-electron chi connectivity index (χ1n) is 5.34. The molecular weight excluding hydrogens is 202 g/mol. The molecule has 0 amide bonds. The lowest BCUT2D eigenvalue weighted by Crippen LogP contribution is -2.16. The van der Waals surface area contributed by atoms with Crippen molar-refractivity contribution in [1.29, 1.82) is 0 Å². The number of hydrogen-bond acceptors (Lipinski definition) is 3. The number of nitrogens with one attached hydrogen (secondary N) is 1. The van der Waals surface area contributed by atoms with E-state index >= 15 is 0 Å². The zero-order valence-corrected chi connectivity index (χ0v) is 9.69. The van der Waals surface area contributed by atoms with Gasteiger partial charge in [-0.15, -0.1) is 12.4 Å². The van der Waals surface area contributed by atoms with Gasteiger partial charge in [-0.3, -0.25) is 0 Å². The lowest BCUT2D eigenvalue weighted by atomic mass is 10.2. The first kappa shape index (κ1) is 16.6. The summed E-state index contributed by atoms with van der Waals surface area (Å²) in [5.41, 5.74) is 0. The van der Waals surface area contributed by atoms with Crippen molar-refractivity contribution in [2.24, 2.45) is 0 Å². The maximum Gasteiger partial charge on any atom is 0.0431 e. The minimum atomic E-state index is 0. The van der Waals surface area contributed by atoms with Crippen LogP contribution in [0.15, 0.2) is 0 Å². The third-order valence-electron chi connectivity index (χ3n) is 2.02. The van der Waals surface area contributed by atoms with Crippen molar-refractivity contribution < 1.29 is 10.2 Å². The zero-order chi connectivity index (χ0) is 9.78. The molecule has 0 unspecified atom stereocenters.